The SMILES string of the molecule is CCCN1C(=O)C(=O)N(CC(=O)NCc2ccc(OC(F)F)c(OC)c2)C1=O. The molecule has 1 N–H and O–H groups in total. The first-order valence-electron chi connectivity index (χ1n) is 8.34. The molecule has 1 saturated heterocycles. The van der Waals surface area contributed by atoms with Crippen molar-refractivity contribution < 1.29 is 37.4 Å². The van der Waals surface area contributed by atoms with E-state index >= 15 is 0 Å². The molecule has 0 aliphatic carbocycles. The first kappa shape index (κ1) is 21.1. The number of ether oxygens (including phenoxy) is 2. The third-order valence-corrected chi connectivity index (χ3v) is 3.82. The fourth-order valence-corrected chi connectivity index (χ4v) is 2.53. The highest BCUT2D eigenvalue weighted by Gasteiger charge is 2.44. The smallest absolute Gasteiger partial charge is 0.387 e. The van der Waals surface area contributed by atoms with Gasteiger partial charge in [0.15, 0.2) is 11.5 Å². The van der Waals surface area contributed by atoms with Gasteiger partial charge in [0.25, 0.3) is 0 Å². The zero-order valence-corrected chi connectivity index (χ0v) is 15.2. The summed E-state index contributed by atoms with van der Waals surface area (Å²) in [7, 11) is 1.28. The fraction of sp³-hybridized carbons (Fsp3) is 0.412. The largest absolute Gasteiger partial charge is 0.493 e. The van der Waals surface area contributed by atoms with E-state index in [9.17, 15) is 28.0 Å². The highest BCUT2D eigenvalue weighted by Crippen LogP contribution is 2.29. The van der Waals surface area contributed by atoms with Gasteiger partial charge < -0.3 is 14.8 Å². The van der Waals surface area contributed by atoms with Crippen molar-refractivity contribution in [2.45, 2.75) is 26.5 Å². The highest BCUT2D eigenvalue weighted by atomic mass is 19.3. The molecule has 0 unspecified atom stereocenters. The summed E-state index contributed by atoms with van der Waals surface area (Å²) in [5.74, 6) is -2.78. The lowest BCUT2D eigenvalue weighted by Crippen LogP contribution is -2.41. The third-order valence-electron chi connectivity index (χ3n) is 3.82. The van der Waals surface area contributed by atoms with E-state index < -0.39 is 36.9 Å². The average Bonchev–Trinajstić information content (AvgIpc) is 2.85. The second-order valence-electron chi connectivity index (χ2n) is 5.77. The first-order chi connectivity index (χ1) is 13.3. The second-order valence-corrected chi connectivity index (χ2v) is 5.77. The molecule has 152 valence electrons. The summed E-state index contributed by atoms with van der Waals surface area (Å²) in [6.07, 6.45) is 0.484. The normalized spacial score (nSPS) is 14.1. The molecule has 1 aliphatic heterocycles. The van der Waals surface area contributed by atoms with E-state index in [0.717, 1.165) is 4.90 Å². The lowest BCUT2D eigenvalue weighted by molar-refractivity contribution is -0.144. The Morgan fingerprint density at radius 3 is 2.43 bits per heavy atom. The Morgan fingerprint density at radius 2 is 1.82 bits per heavy atom. The van der Waals surface area contributed by atoms with Crippen molar-refractivity contribution in [1.82, 2.24) is 15.1 Å². The molecule has 1 heterocycles. The van der Waals surface area contributed by atoms with E-state index in [2.05, 4.69) is 10.1 Å². The zero-order valence-electron chi connectivity index (χ0n) is 15.2. The number of nitrogens with one attached hydrogen (secondary N) is 1. The summed E-state index contributed by atoms with van der Waals surface area (Å²) in [5, 5.41) is 2.48. The summed E-state index contributed by atoms with van der Waals surface area (Å²) < 4.78 is 33.9. The minimum absolute atomic E-state index is 0.0208. The molecule has 9 nitrogen and oxygen atoms in total. The molecule has 0 aromatic heterocycles. The molecule has 1 aromatic carbocycles. The summed E-state index contributed by atoms with van der Waals surface area (Å²) in [6.45, 7) is -1.80. The number of imide groups is 2. The van der Waals surface area contributed by atoms with Gasteiger partial charge in [0.05, 0.1) is 7.11 Å². The zero-order chi connectivity index (χ0) is 20.8. The van der Waals surface area contributed by atoms with Gasteiger partial charge in [0.2, 0.25) is 5.91 Å². The maximum atomic E-state index is 12.3. The van der Waals surface area contributed by atoms with Gasteiger partial charge in [0, 0.05) is 13.1 Å². The van der Waals surface area contributed by atoms with Crippen LogP contribution in [0.4, 0.5) is 13.6 Å². The number of carbonyl (C=O) groups is 4. The van der Waals surface area contributed by atoms with Gasteiger partial charge in [-0.3, -0.25) is 19.3 Å². The number of urea groups is 1. The Balaban J connectivity index is 1.96. The molecular weight excluding hydrogens is 380 g/mol. The van der Waals surface area contributed by atoms with Crippen LogP contribution >= 0.6 is 0 Å². The molecule has 0 radical (unpaired) electrons. The molecule has 1 fully saturated rings. The number of carbonyl (C=O) groups excluding carboxylic acids is 4. The van der Waals surface area contributed by atoms with Crippen LogP contribution in [0.3, 0.4) is 0 Å². The third kappa shape index (κ3) is 4.72. The molecule has 1 aliphatic rings. The summed E-state index contributed by atoms with van der Waals surface area (Å²) in [6, 6.07) is 3.28. The number of hydrogen-bond donors (Lipinski definition) is 1. The molecule has 28 heavy (non-hydrogen) atoms. The fourth-order valence-electron chi connectivity index (χ4n) is 2.53. The Labute approximate surface area is 159 Å². The van der Waals surface area contributed by atoms with E-state index in [4.69, 9.17) is 4.74 Å². The molecule has 11 heteroatoms. The number of methoxy groups -OCH3 is 1. The summed E-state index contributed by atoms with van der Waals surface area (Å²) >= 11 is 0. The van der Waals surface area contributed by atoms with E-state index in [1.54, 1.807) is 6.92 Å². The molecule has 2 rings (SSSR count). The van der Waals surface area contributed by atoms with Crippen LogP contribution < -0.4 is 14.8 Å². The number of halogens is 2. The molecule has 5 amide bonds. The van der Waals surface area contributed by atoms with Crippen LogP contribution in [0.25, 0.3) is 0 Å². The van der Waals surface area contributed by atoms with Crippen LogP contribution in [0, 0.1) is 0 Å². The van der Waals surface area contributed by atoms with Crippen molar-refractivity contribution >= 4 is 23.8 Å². The van der Waals surface area contributed by atoms with Crippen molar-refractivity contribution in [2.75, 3.05) is 20.2 Å². The molecule has 0 saturated carbocycles. The van der Waals surface area contributed by atoms with Crippen LogP contribution in [0.15, 0.2) is 18.2 Å². The topological polar surface area (TPSA) is 105 Å². The Kier molecular flexibility index (Phi) is 6.85. The maximum Gasteiger partial charge on any atom is 0.387 e. The number of nitrogens with zero attached hydrogens (tertiary/aromatic N) is 2. The van der Waals surface area contributed by atoms with E-state index in [0.29, 0.717) is 16.9 Å². The Hall–Kier alpha value is -3.24. The molecule has 0 bridgehead atoms. The number of hydrogen-bond acceptors (Lipinski definition) is 6. The van der Waals surface area contributed by atoms with Crippen molar-refractivity contribution in [3.63, 3.8) is 0 Å². The minimum Gasteiger partial charge on any atom is -0.493 e. The van der Waals surface area contributed by atoms with Crippen LogP contribution in [0.5, 0.6) is 11.5 Å². The van der Waals surface area contributed by atoms with Crippen LogP contribution in [0.1, 0.15) is 18.9 Å². The molecular formula is C17H19F2N3O6. The Bertz CT molecular complexity index is 786. The maximum absolute atomic E-state index is 12.3. The van der Waals surface area contributed by atoms with E-state index in [1.807, 2.05) is 0 Å². The van der Waals surface area contributed by atoms with Gasteiger partial charge in [-0.1, -0.05) is 13.0 Å². The van der Waals surface area contributed by atoms with E-state index in [1.165, 1.54) is 25.3 Å². The monoisotopic (exact) mass is 399 g/mol. The summed E-state index contributed by atoms with van der Waals surface area (Å²) in [5.41, 5.74) is 0.509. The van der Waals surface area contributed by atoms with Gasteiger partial charge in [-0.25, -0.2) is 9.69 Å². The van der Waals surface area contributed by atoms with Crippen LogP contribution in [-0.2, 0) is 20.9 Å². The second kappa shape index (κ2) is 9.11. The van der Waals surface area contributed by atoms with Gasteiger partial charge in [-0.2, -0.15) is 8.78 Å². The van der Waals surface area contributed by atoms with Gasteiger partial charge in [0.1, 0.15) is 6.54 Å². The summed E-state index contributed by atoms with van der Waals surface area (Å²) in [4.78, 5) is 49.1. The molecule has 0 atom stereocenters. The number of rotatable bonds is 9. The van der Waals surface area contributed by atoms with Crippen molar-refractivity contribution in [1.29, 1.82) is 0 Å². The number of amides is 5. The lowest BCUT2D eigenvalue weighted by Gasteiger charge is -2.15. The van der Waals surface area contributed by atoms with Gasteiger partial charge >= 0.3 is 24.5 Å². The van der Waals surface area contributed by atoms with Crippen LogP contribution in [-0.4, -0.2) is 60.4 Å². The standard InChI is InChI=1S/C17H19F2N3O6/c1-3-6-21-14(24)15(25)22(17(21)26)9-13(23)20-8-10-4-5-11(28-16(18)19)12(7-10)27-2/h4-5,7,16H,3,6,8-9H2,1-2H3,(H,20,23). The van der Waals surface area contributed by atoms with Crippen molar-refractivity contribution in [3.8, 4) is 11.5 Å². The van der Waals surface area contributed by atoms with Crippen molar-refractivity contribution in [2.24, 2.45) is 0 Å². The predicted octanol–water partition coefficient (Wildman–Crippen LogP) is 1.11. The quantitative estimate of drug-likeness (QED) is 0.493. The van der Waals surface area contributed by atoms with E-state index in [-0.39, 0.29) is 24.6 Å². The number of benzene rings is 1. The van der Waals surface area contributed by atoms with Gasteiger partial charge in [-0.05, 0) is 24.1 Å². The van der Waals surface area contributed by atoms with Crippen molar-refractivity contribution in [3.05, 3.63) is 23.8 Å². The molecule has 0 spiro atoms. The molecule has 1 aromatic rings. The van der Waals surface area contributed by atoms with Crippen LogP contribution in [0.2, 0.25) is 0 Å². The first-order valence-corrected chi connectivity index (χ1v) is 8.34. The lowest BCUT2D eigenvalue weighted by atomic mass is 10.2. The minimum atomic E-state index is -3.01. The predicted molar refractivity (Wildman–Crippen MR) is 90.6 cm³/mol. The number of alkyl halides is 2. The highest BCUT2D eigenvalue weighted by molar-refractivity contribution is 6.45. The Morgan fingerprint density at radius 1 is 1.14 bits per heavy atom. The average molecular weight is 399 g/mol. The van der Waals surface area contributed by atoms with Gasteiger partial charge in [-0.15, -0.1) is 0 Å².